The number of hydrogen-bond donors (Lipinski definition) is 3. The first-order valence-electron chi connectivity index (χ1n) is 6.02. The lowest BCUT2D eigenvalue weighted by Crippen LogP contribution is -2.44. The molecule has 2 amide bonds. The quantitative estimate of drug-likeness (QED) is 0.591. The minimum absolute atomic E-state index is 0.0238. The van der Waals surface area contributed by atoms with Crippen LogP contribution in [-0.4, -0.2) is 37.7 Å². The highest BCUT2D eigenvalue weighted by Gasteiger charge is 2.22. The van der Waals surface area contributed by atoms with Crippen molar-refractivity contribution in [1.82, 2.24) is 10.6 Å². The van der Waals surface area contributed by atoms with Crippen LogP contribution in [0.15, 0.2) is 0 Å². The molecule has 1 aliphatic heterocycles. The summed E-state index contributed by atoms with van der Waals surface area (Å²) < 4.78 is 4.51. The average molecular weight is 243 g/mol. The van der Waals surface area contributed by atoms with Crippen LogP contribution in [0.2, 0.25) is 0 Å². The normalized spacial score (nSPS) is 24.1. The predicted molar refractivity (Wildman–Crippen MR) is 63.4 cm³/mol. The van der Waals surface area contributed by atoms with E-state index in [9.17, 15) is 9.59 Å². The Morgan fingerprint density at radius 3 is 2.94 bits per heavy atom. The number of rotatable bonds is 5. The van der Waals surface area contributed by atoms with Crippen LogP contribution in [-0.2, 0) is 9.53 Å². The first-order valence-corrected chi connectivity index (χ1v) is 6.02. The number of primary amides is 1. The first kappa shape index (κ1) is 13.8. The molecule has 6 nitrogen and oxygen atoms in total. The number of piperidine rings is 1. The van der Waals surface area contributed by atoms with Gasteiger partial charge in [0.25, 0.3) is 0 Å². The molecule has 4 N–H and O–H groups in total. The van der Waals surface area contributed by atoms with Crippen LogP contribution in [0.5, 0.6) is 0 Å². The number of nitrogens with one attached hydrogen (secondary N) is 2. The first-order chi connectivity index (χ1) is 8.09. The maximum Gasteiger partial charge on any atom is 0.404 e. The number of ether oxygens (including phenoxy) is 1. The van der Waals surface area contributed by atoms with Crippen LogP contribution >= 0.6 is 0 Å². The van der Waals surface area contributed by atoms with Gasteiger partial charge in [-0.3, -0.25) is 4.79 Å². The van der Waals surface area contributed by atoms with Gasteiger partial charge in [0.15, 0.2) is 0 Å². The highest BCUT2D eigenvalue weighted by Crippen LogP contribution is 2.17. The van der Waals surface area contributed by atoms with Crippen LogP contribution in [0, 0.1) is 5.92 Å². The molecule has 0 aromatic heterocycles. The number of nitrogens with two attached hydrogens (primary N) is 1. The molecule has 1 heterocycles. The molecule has 98 valence electrons. The van der Waals surface area contributed by atoms with Gasteiger partial charge in [-0.1, -0.05) is 6.92 Å². The number of carbonyl (C=O) groups is 2. The van der Waals surface area contributed by atoms with E-state index in [1.165, 1.54) is 6.42 Å². The molecular formula is C11H21N3O3. The second-order valence-corrected chi connectivity index (χ2v) is 4.40. The number of carbonyl (C=O) groups excluding carboxylic acids is 2. The summed E-state index contributed by atoms with van der Waals surface area (Å²) in [6.07, 6.45) is 1.99. The Morgan fingerprint density at radius 2 is 2.29 bits per heavy atom. The van der Waals surface area contributed by atoms with Crippen molar-refractivity contribution in [3.8, 4) is 0 Å². The van der Waals surface area contributed by atoms with E-state index in [1.807, 2.05) is 0 Å². The van der Waals surface area contributed by atoms with Crippen molar-refractivity contribution in [2.45, 2.75) is 32.2 Å². The van der Waals surface area contributed by atoms with E-state index in [1.54, 1.807) is 0 Å². The van der Waals surface area contributed by atoms with Crippen molar-refractivity contribution in [3.05, 3.63) is 0 Å². The Kier molecular flexibility index (Phi) is 5.76. The zero-order valence-corrected chi connectivity index (χ0v) is 10.2. The van der Waals surface area contributed by atoms with E-state index >= 15 is 0 Å². The van der Waals surface area contributed by atoms with Crippen molar-refractivity contribution < 1.29 is 14.3 Å². The molecule has 2 unspecified atom stereocenters. The lowest BCUT2D eigenvalue weighted by atomic mass is 9.90. The largest absolute Gasteiger partial charge is 0.448 e. The Labute approximate surface area is 101 Å². The summed E-state index contributed by atoms with van der Waals surface area (Å²) in [6, 6.07) is 0.251. The summed E-state index contributed by atoms with van der Waals surface area (Å²) in [6.45, 7) is 3.56. The monoisotopic (exact) mass is 243 g/mol. The van der Waals surface area contributed by atoms with E-state index in [0.717, 1.165) is 13.0 Å². The van der Waals surface area contributed by atoms with E-state index in [0.29, 0.717) is 18.9 Å². The minimum atomic E-state index is -0.818. The molecule has 0 aromatic rings. The van der Waals surface area contributed by atoms with Gasteiger partial charge in [0.1, 0.15) is 6.61 Å². The standard InChI is InChI=1S/C11H21N3O3/c1-8-3-2-4-13-9(8)7-10(15)14-5-6-17-11(12)16/h8-9,13H,2-7H2,1H3,(H2,12,16)(H,14,15). The fraction of sp³-hybridized carbons (Fsp3) is 0.818. The molecular weight excluding hydrogens is 222 g/mol. The van der Waals surface area contributed by atoms with E-state index in [4.69, 9.17) is 5.73 Å². The smallest absolute Gasteiger partial charge is 0.404 e. The lowest BCUT2D eigenvalue weighted by molar-refractivity contribution is -0.122. The Morgan fingerprint density at radius 1 is 1.53 bits per heavy atom. The second-order valence-electron chi connectivity index (χ2n) is 4.40. The molecule has 6 heteroatoms. The maximum absolute atomic E-state index is 11.6. The zero-order chi connectivity index (χ0) is 12.7. The van der Waals surface area contributed by atoms with Crippen molar-refractivity contribution >= 4 is 12.0 Å². The molecule has 0 bridgehead atoms. The highest BCUT2D eigenvalue weighted by molar-refractivity contribution is 5.76. The van der Waals surface area contributed by atoms with Gasteiger partial charge in [0, 0.05) is 12.5 Å². The molecule has 2 atom stereocenters. The fourth-order valence-corrected chi connectivity index (χ4v) is 2.00. The van der Waals surface area contributed by atoms with Crippen LogP contribution < -0.4 is 16.4 Å². The third-order valence-corrected chi connectivity index (χ3v) is 3.00. The van der Waals surface area contributed by atoms with E-state index in [-0.39, 0.29) is 18.6 Å². The number of amides is 2. The predicted octanol–water partition coefficient (Wildman–Crippen LogP) is -0.0239. The molecule has 0 aliphatic carbocycles. The minimum Gasteiger partial charge on any atom is -0.448 e. The number of hydrogen-bond acceptors (Lipinski definition) is 4. The fourth-order valence-electron chi connectivity index (χ4n) is 2.00. The van der Waals surface area contributed by atoms with Gasteiger partial charge in [0.2, 0.25) is 5.91 Å². The molecule has 0 spiro atoms. The Bertz CT molecular complexity index is 271. The zero-order valence-electron chi connectivity index (χ0n) is 10.2. The van der Waals surface area contributed by atoms with Crippen LogP contribution in [0.25, 0.3) is 0 Å². The summed E-state index contributed by atoms with van der Waals surface area (Å²) >= 11 is 0. The molecule has 0 aromatic carbocycles. The molecule has 0 radical (unpaired) electrons. The van der Waals surface area contributed by atoms with Crippen molar-refractivity contribution in [2.75, 3.05) is 19.7 Å². The van der Waals surface area contributed by atoms with E-state index < -0.39 is 6.09 Å². The van der Waals surface area contributed by atoms with Gasteiger partial charge in [0.05, 0.1) is 6.54 Å². The molecule has 0 saturated carbocycles. The van der Waals surface area contributed by atoms with Crippen LogP contribution in [0.3, 0.4) is 0 Å². The summed E-state index contributed by atoms with van der Waals surface area (Å²) in [5.74, 6) is 0.501. The second kappa shape index (κ2) is 7.11. The molecule has 1 rings (SSSR count). The summed E-state index contributed by atoms with van der Waals surface area (Å²) in [5, 5.41) is 6.04. The molecule has 1 saturated heterocycles. The molecule has 1 fully saturated rings. The summed E-state index contributed by atoms with van der Waals surface area (Å²) in [7, 11) is 0. The van der Waals surface area contributed by atoms with Gasteiger partial charge >= 0.3 is 6.09 Å². The lowest BCUT2D eigenvalue weighted by Gasteiger charge is -2.29. The van der Waals surface area contributed by atoms with Crippen molar-refractivity contribution in [2.24, 2.45) is 11.7 Å². The van der Waals surface area contributed by atoms with E-state index in [2.05, 4.69) is 22.3 Å². The van der Waals surface area contributed by atoms with Crippen molar-refractivity contribution in [3.63, 3.8) is 0 Å². The van der Waals surface area contributed by atoms with Crippen LogP contribution in [0.4, 0.5) is 4.79 Å². The van der Waals surface area contributed by atoms with Gasteiger partial charge in [-0.2, -0.15) is 0 Å². The van der Waals surface area contributed by atoms with Gasteiger partial charge in [-0.15, -0.1) is 0 Å². The SMILES string of the molecule is CC1CCCNC1CC(=O)NCCOC(N)=O. The summed E-state index contributed by atoms with van der Waals surface area (Å²) in [5.41, 5.74) is 4.79. The topological polar surface area (TPSA) is 93.4 Å². The van der Waals surface area contributed by atoms with Gasteiger partial charge in [-0.25, -0.2) is 4.79 Å². The van der Waals surface area contributed by atoms with Gasteiger partial charge in [-0.05, 0) is 25.3 Å². The van der Waals surface area contributed by atoms with Gasteiger partial charge < -0.3 is 21.1 Å². The molecule has 17 heavy (non-hydrogen) atoms. The maximum atomic E-state index is 11.6. The Hall–Kier alpha value is -1.30. The highest BCUT2D eigenvalue weighted by atomic mass is 16.5. The molecule has 1 aliphatic rings. The average Bonchev–Trinajstić information content (AvgIpc) is 2.27. The Balaban J connectivity index is 2.13. The van der Waals surface area contributed by atoms with Crippen LogP contribution in [0.1, 0.15) is 26.2 Å². The summed E-state index contributed by atoms with van der Waals surface area (Å²) in [4.78, 5) is 21.9. The third kappa shape index (κ3) is 5.53. The van der Waals surface area contributed by atoms with Crippen molar-refractivity contribution in [1.29, 1.82) is 0 Å². The third-order valence-electron chi connectivity index (χ3n) is 3.00.